The molecule has 3 aromatic rings. The Kier molecular flexibility index (Phi) is 3.25. The van der Waals surface area contributed by atoms with Crippen LogP contribution in [0.2, 0.25) is 0 Å². The van der Waals surface area contributed by atoms with Crippen LogP contribution in [0.3, 0.4) is 0 Å². The van der Waals surface area contributed by atoms with Gasteiger partial charge in [-0.15, -0.1) is 0 Å². The van der Waals surface area contributed by atoms with E-state index in [0.29, 0.717) is 18.0 Å². The number of nitrogen functional groups attached to an aromatic ring is 1. The minimum atomic E-state index is -0.361. The molecule has 20 heavy (non-hydrogen) atoms. The highest BCUT2D eigenvalue weighted by atomic mass is 19.1. The number of benzene rings is 3. The molecule has 0 aliphatic rings. The second kappa shape index (κ2) is 5.21. The first-order valence-corrected chi connectivity index (χ1v) is 6.38. The number of rotatable bonds is 3. The summed E-state index contributed by atoms with van der Waals surface area (Å²) < 4.78 is 18.7. The predicted molar refractivity (Wildman–Crippen MR) is 79.1 cm³/mol. The Morgan fingerprint density at radius 3 is 2.60 bits per heavy atom. The van der Waals surface area contributed by atoms with Crippen LogP contribution in [0.25, 0.3) is 10.8 Å². The Balaban J connectivity index is 1.87. The molecule has 2 nitrogen and oxygen atoms in total. The van der Waals surface area contributed by atoms with Crippen molar-refractivity contribution >= 4 is 16.5 Å². The number of anilines is 1. The summed E-state index contributed by atoms with van der Waals surface area (Å²) in [6.45, 7) is 0.400. The number of nitrogens with two attached hydrogens (primary N) is 1. The summed E-state index contributed by atoms with van der Waals surface area (Å²) in [5.41, 5.74) is 7.12. The fourth-order valence-electron chi connectivity index (χ4n) is 2.22. The molecule has 0 unspecified atom stereocenters. The molecule has 0 aliphatic carbocycles. The fraction of sp³-hybridized carbons (Fsp3) is 0.0588. The molecule has 0 aromatic heterocycles. The van der Waals surface area contributed by atoms with Crippen LogP contribution in [-0.4, -0.2) is 0 Å². The van der Waals surface area contributed by atoms with Crippen LogP contribution < -0.4 is 10.5 Å². The molecular formula is C17H14FNO. The van der Waals surface area contributed by atoms with Crippen molar-refractivity contribution in [3.63, 3.8) is 0 Å². The first-order valence-electron chi connectivity index (χ1n) is 6.38. The Morgan fingerprint density at radius 2 is 1.75 bits per heavy atom. The number of ether oxygens (including phenoxy) is 1. The van der Waals surface area contributed by atoms with E-state index in [9.17, 15) is 4.39 Å². The summed E-state index contributed by atoms with van der Waals surface area (Å²) in [6, 6.07) is 18.3. The van der Waals surface area contributed by atoms with Gasteiger partial charge in [-0.05, 0) is 28.5 Å². The zero-order chi connectivity index (χ0) is 13.9. The minimum Gasteiger partial charge on any atom is -0.487 e. The lowest BCUT2D eigenvalue weighted by Crippen LogP contribution is -1.99. The molecule has 3 aromatic carbocycles. The van der Waals surface area contributed by atoms with E-state index in [1.54, 1.807) is 6.07 Å². The molecule has 0 spiro atoms. The van der Waals surface area contributed by atoms with E-state index < -0.39 is 0 Å². The van der Waals surface area contributed by atoms with E-state index in [4.69, 9.17) is 10.5 Å². The van der Waals surface area contributed by atoms with Crippen LogP contribution in [0, 0.1) is 5.82 Å². The summed E-state index contributed by atoms with van der Waals surface area (Å²) in [6.07, 6.45) is 0. The van der Waals surface area contributed by atoms with E-state index in [1.807, 2.05) is 24.3 Å². The Hall–Kier alpha value is -2.55. The normalized spacial score (nSPS) is 10.7. The van der Waals surface area contributed by atoms with E-state index in [1.165, 1.54) is 17.5 Å². The van der Waals surface area contributed by atoms with E-state index in [-0.39, 0.29) is 5.82 Å². The average molecular weight is 267 g/mol. The first kappa shape index (κ1) is 12.5. The van der Waals surface area contributed by atoms with Crippen LogP contribution in [0.15, 0.2) is 60.7 Å². The smallest absolute Gasteiger partial charge is 0.142 e. The van der Waals surface area contributed by atoms with Crippen LogP contribution in [0.4, 0.5) is 10.1 Å². The van der Waals surface area contributed by atoms with Gasteiger partial charge >= 0.3 is 0 Å². The maximum atomic E-state index is 13.0. The molecule has 3 rings (SSSR count). The summed E-state index contributed by atoms with van der Waals surface area (Å²) in [7, 11) is 0. The van der Waals surface area contributed by atoms with Crippen molar-refractivity contribution in [1.82, 2.24) is 0 Å². The number of halogens is 1. The average Bonchev–Trinajstić information content (AvgIpc) is 2.46. The SMILES string of the molecule is Nc1cc(F)ccc1OCc1cccc2ccccc12. The third-order valence-electron chi connectivity index (χ3n) is 3.23. The van der Waals surface area contributed by atoms with E-state index in [0.717, 1.165) is 10.9 Å². The van der Waals surface area contributed by atoms with Gasteiger partial charge < -0.3 is 10.5 Å². The maximum absolute atomic E-state index is 13.0. The standard InChI is InChI=1S/C17H14FNO/c18-14-8-9-17(16(19)10-14)20-11-13-6-3-5-12-4-1-2-7-15(12)13/h1-10H,11,19H2. The number of fused-ring (bicyclic) bond motifs is 1. The molecular weight excluding hydrogens is 253 g/mol. The largest absolute Gasteiger partial charge is 0.487 e. The van der Waals surface area contributed by atoms with Crippen LogP contribution in [-0.2, 0) is 6.61 Å². The zero-order valence-electron chi connectivity index (χ0n) is 10.8. The van der Waals surface area contributed by atoms with Gasteiger partial charge in [-0.3, -0.25) is 0 Å². The lowest BCUT2D eigenvalue weighted by atomic mass is 10.1. The Bertz CT molecular complexity index is 750. The molecule has 0 aliphatic heterocycles. The van der Waals surface area contributed by atoms with Crippen molar-refractivity contribution in [2.45, 2.75) is 6.61 Å². The Morgan fingerprint density at radius 1 is 0.950 bits per heavy atom. The van der Waals surface area contributed by atoms with Crippen molar-refractivity contribution in [2.24, 2.45) is 0 Å². The van der Waals surface area contributed by atoms with Gasteiger partial charge in [0.1, 0.15) is 18.2 Å². The highest BCUT2D eigenvalue weighted by Crippen LogP contribution is 2.25. The zero-order valence-corrected chi connectivity index (χ0v) is 10.8. The highest BCUT2D eigenvalue weighted by molar-refractivity contribution is 5.85. The third-order valence-corrected chi connectivity index (χ3v) is 3.23. The summed E-state index contributed by atoms with van der Waals surface area (Å²) >= 11 is 0. The molecule has 3 heteroatoms. The van der Waals surface area contributed by atoms with Crippen LogP contribution in [0.5, 0.6) is 5.75 Å². The number of hydrogen-bond acceptors (Lipinski definition) is 2. The minimum absolute atomic E-state index is 0.310. The lowest BCUT2D eigenvalue weighted by Gasteiger charge is -2.11. The van der Waals surface area contributed by atoms with Crippen molar-refractivity contribution in [1.29, 1.82) is 0 Å². The second-order valence-electron chi connectivity index (χ2n) is 4.61. The van der Waals surface area contributed by atoms with Gasteiger partial charge in [-0.25, -0.2) is 4.39 Å². The summed E-state index contributed by atoms with van der Waals surface area (Å²) in [4.78, 5) is 0. The van der Waals surface area contributed by atoms with Crippen molar-refractivity contribution in [3.8, 4) is 5.75 Å². The highest BCUT2D eigenvalue weighted by Gasteiger charge is 2.04. The van der Waals surface area contributed by atoms with Gasteiger partial charge in [-0.2, -0.15) is 0 Å². The maximum Gasteiger partial charge on any atom is 0.142 e. The molecule has 100 valence electrons. The second-order valence-corrected chi connectivity index (χ2v) is 4.61. The molecule has 0 atom stereocenters. The van der Waals surface area contributed by atoms with Crippen molar-refractivity contribution in [2.75, 3.05) is 5.73 Å². The number of hydrogen-bond donors (Lipinski definition) is 1. The van der Waals surface area contributed by atoms with Gasteiger partial charge in [0.2, 0.25) is 0 Å². The van der Waals surface area contributed by atoms with E-state index >= 15 is 0 Å². The quantitative estimate of drug-likeness (QED) is 0.724. The molecule has 0 radical (unpaired) electrons. The molecule has 2 N–H and O–H groups in total. The van der Waals surface area contributed by atoms with Crippen molar-refractivity contribution in [3.05, 3.63) is 72.0 Å². The summed E-state index contributed by atoms with van der Waals surface area (Å²) in [5, 5.41) is 2.32. The van der Waals surface area contributed by atoms with Gasteiger partial charge in [-0.1, -0.05) is 42.5 Å². The van der Waals surface area contributed by atoms with E-state index in [2.05, 4.69) is 18.2 Å². The van der Waals surface area contributed by atoms with Gasteiger partial charge in [0, 0.05) is 6.07 Å². The van der Waals surface area contributed by atoms with Gasteiger partial charge in [0.15, 0.2) is 0 Å². The van der Waals surface area contributed by atoms with Crippen LogP contribution >= 0.6 is 0 Å². The summed E-state index contributed by atoms with van der Waals surface area (Å²) in [5.74, 6) is 0.138. The molecule has 0 saturated carbocycles. The molecule has 0 heterocycles. The predicted octanol–water partition coefficient (Wildman–Crippen LogP) is 4.14. The molecule has 0 bridgehead atoms. The van der Waals surface area contributed by atoms with Gasteiger partial charge in [0.05, 0.1) is 5.69 Å². The lowest BCUT2D eigenvalue weighted by molar-refractivity contribution is 0.309. The van der Waals surface area contributed by atoms with Crippen molar-refractivity contribution < 1.29 is 9.13 Å². The fourth-order valence-corrected chi connectivity index (χ4v) is 2.22. The van der Waals surface area contributed by atoms with Crippen LogP contribution in [0.1, 0.15) is 5.56 Å². The molecule has 0 saturated heterocycles. The monoisotopic (exact) mass is 267 g/mol. The van der Waals surface area contributed by atoms with Gasteiger partial charge in [0.25, 0.3) is 0 Å². The topological polar surface area (TPSA) is 35.2 Å². The Labute approximate surface area is 116 Å². The first-order chi connectivity index (χ1) is 9.74. The third kappa shape index (κ3) is 2.43. The molecule has 0 amide bonds. The molecule has 0 fully saturated rings.